The number of anilines is 1. The zero-order chi connectivity index (χ0) is 20.1. The first-order chi connectivity index (χ1) is 13.3. The maximum absolute atomic E-state index is 12.3. The normalized spacial score (nSPS) is 14.8. The van der Waals surface area contributed by atoms with Gasteiger partial charge in [-0.15, -0.1) is 0 Å². The number of esters is 1. The van der Waals surface area contributed by atoms with Gasteiger partial charge in [-0.3, -0.25) is 4.79 Å². The number of alkyl halides is 3. The number of carbonyl (C=O) groups excluding carboxylic acids is 2. The van der Waals surface area contributed by atoms with Gasteiger partial charge < -0.3 is 10.1 Å². The van der Waals surface area contributed by atoms with Crippen LogP contribution in [-0.4, -0.2) is 33.8 Å². The van der Waals surface area contributed by atoms with E-state index in [2.05, 4.69) is 10.4 Å². The van der Waals surface area contributed by atoms with E-state index in [1.54, 1.807) is 16.9 Å². The van der Waals surface area contributed by atoms with E-state index in [1.165, 1.54) is 24.3 Å². The summed E-state index contributed by atoms with van der Waals surface area (Å²) >= 11 is -0.271. The number of ether oxygens (including phenoxy) is 1. The van der Waals surface area contributed by atoms with Gasteiger partial charge in [0.1, 0.15) is 5.82 Å². The molecule has 1 saturated carbocycles. The van der Waals surface area contributed by atoms with Gasteiger partial charge in [-0.2, -0.15) is 18.3 Å². The molecule has 3 rings (SSSR count). The minimum absolute atomic E-state index is 0.0398. The smallest absolute Gasteiger partial charge is 0.446 e. The van der Waals surface area contributed by atoms with Crippen LogP contribution in [-0.2, 0) is 9.53 Å². The number of carbonyl (C=O) groups is 2. The van der Waals surface area contributed by atoms with Gasteiger partial charge in [0.15, 0.2) is 6.61 Å². The Morgan fingerprint density at radius 1 is 1.18 bits per heavy atom. The number of aromatic nitrogens is 2. The van der Waals surface area contributed by atoms with Crippen LogP contribution >= 0.6 is 11.8 Å². The first-order valence-electron chi connectivity index (χ1n) is 8.68. The fourth-order valence-electron chi connectivity index (χ4n) is 3.04. The number of rotatable bonds is 6. The Labute approximate surface area is 163 Å². The maximum Gasteiger partial charge on any atom is 0.446 e. The van der Waals surface area contributed by atoms with E-state index in [0.717, 1.165) is 25.7 Å². The highest BCUT2D eigenvalue weighted by Crippen LogP contribution is 2.36. The molecule has 6 nitrogen and oxygen atoms in total. The van der Waals surface area contributed by atoms with Crippen molar-refractivity contribution in [2.24, 2.45) is 0 Å². The molecule has 0 atom stereocenters. The minimum Gasteiger partial charge on any atom is -0.452 e. The van der Waals surface area contributed by atoms with E-state index >= 15 is 0 Å². The number of hydrogen-bond donors (Lipinski definition) is 1. The van der Waals surface area contributed by atoms with Gasteiger partial charge in [0, 0.05) is 11.0 Å². The molecule has 1 fully saturated rings. The van der Waals surface area contributed by atoms with Crippen molar-refractivity contribution >= 4 is 29.5 Å². The van der Waals surface area contributed by atoms with Crippen molar-refractivity contribution in [2.75, 3.05) is 11.9 Å². The van der Waals surface area contributed by atoms with Crippen molar-refractivity contribution in [2.45, 2.75) is 42.1 Å². The summed E-state index contributed by atoms with van der Waals surface area (Å²) in [6, 6.07) is 6.73. The zero-order valence-electron chi connectivity index (χ0n) is 14.7. The fraction of sp³-hybridized carbons (Fsp3) is 0.389. The second-order valence-electron chi connectivity index (χ2n) is 6.30. The van der Waals surface area contributed by atoms with Crippen LogP contribution in [0, 0.1) is 0 Å². The van der Waals surface area contributed by atoms with Crippen LogP contribution in [0.25, 0.3) is 0 Å². The lowest BCUT2D eigenvalue weighted by Crippen LogP contribution is -2.23. The van der Waals surface area contributed by atoms with Gasteiger partial charge in [0.05, 0.1) is 17.8 Å². The van der Waals surface area contributed by atoms with Crippen molar-refractivity contribution in [1.29, 1.82) is 0 Å². The second-order valence-corrected chi connectivity index (χ2v) is 7.43. The Hall–Kier alpha value is -2.49. The molecule has 1 aromatic heterocycles. The van der Waals surface area contributed by atoms with Gasteiger partial charge >= 0.3 is 11.5 Å². The summed E-state index contributed by atoms with van der Waals surface area (Å²) in [5, 5.41) is 6.90. The molecule has 0 bridgehead atoms. The van der Waals surface area contributed by atoms with Crippen molar-refractivity contribution in [3.05, 3.63) is 42.1 Å². The quantitative estimate of drug-likeness (QED) is 0.561. The van der Waals surface area contributed by atoms with Gasteiger partial charge in [0.2, 0.25) is 0 Å². The molecule has 150 valence electrons. The first-order valence-corrected chi connectivity index (χ1v) is 9.50. The summed E-state index contributed by atoms with van der Waals surface area (Å²) in [6.45, 7) is -0.506. The molecule has 0 unspecified atom stereocenters. The van der Waals surface area contributed by atoms with E-state index in [4.69, 9.17) is 4.74 Å². The van der Waals surface area contributed by atoms with E-state index in [9.17, 15) is 22.8 Å². The molecule has 0 spiro atoms. The molecular weight excluding hydrogens is 395 g/mol. The third-order valence-corrected chi connectivity index (χ3v) is 5.01. The molecule has 2 aromatic rings. The molecule has 0 aliphatic heterocycles. The fourth-order valence-corrected chi connectivity index (χ4v) is 3.58. The van der Waals surface area contributed by atoms with E-state index in [-0.39, 0.29) is 28.3 Å². The topological polar surface area (TPSA) is 73.2 Å². The van der Waals surface area contributed by atoms with E-state index in [0.29, 0.717) is 5.82 Å². The predicted octanol–water partition coefficient (Wildman–Crippen LogP) is 4.41. The number of halogens is 3. The van der Waals surface area contributed by atoms with Gasteiger partial charge in [0.25, 0.3) is 5.91 Å². The molecule has 1 N–H and O–H groups in total. The molecule has 1 amide bonds. The number of hydrogen-bond acceptors (Lipinski definition) is 5. The average Bonchev–Trinajstić information content (AvgIpc) is 3.30. The highest BCUT2D eigenvalue weighted by molar-refractivity contribution is 8.00. The number of amides is 1. The molecule has 0 radical (unpaired) electrons. The molecule has 28 heavy (non-hydrogen) atoms. The highest BCUT2D eigenvalue weighted by Gasteiger charge is 2.29. The summed E-state index contributed by atoms with van der Waals surface area (Å²) in [6.07, 6.45) is 5.84. The molecule has 1 aromatic carbocycles. The lowest BCUT2D eigenvalue weighted by molar-refractivity contribution is -0.119. The monoisotopic (exact) mass is 413 g/mol. The van der Waals surface area contributed by atoms with Gasteiger partial charge in [-0.05, 0) is 48.9 Å². The zero-order valence-corrected chi connectivity index (χ0v) is 15.6. The van der Waals surface area contributed by atoms with Gasteiger partial charge in [-0.1, -0.05) is 12.8 Å². The lowest BCUT2D eigenvalue weighted by Gasteiger charge is -2.14. The third kappa shape index (κ3) is 5.51. The maximum atomic E-state index is 12.3. The van der Waals surface area contributed by atoms with Gasteiger partial charge in [-0.25, -0.2) is 9.48 Å². The molecule has 1 heterocycles. The standard InChI is InChI=1S/C18H18F3N3O3S/c19-18(20,21)28-14-7-5-12(6-8-14)17(26)27-11-16(25)23-15-9-10-22-24(15)13-3-1-2-4-13/h5-10,13H,1-4,11H2,(H,23,25). The number of benzene rings is 1. The largest absolute Gasteiger partial charge is 0.452 e. The van der Waals surface area contributed by atoms with Crippen LogP contribution in [0.2, 0.25) is 0 Å². The molecule has 0 saturated heterocycles. The lowest BCUT2D eigenvalue weighted by atomic mass is 10.2. The highest BCUT2D eigenvalue weighted by atomic mass is 32.2. The van der Waals surface area contributed by atoms with Crippen molar-refractivity contribution < 1.29 is 27.5 Å². The summed E-state index contributed by atoms with van der Waals surface area (Å²) in [7, 11) is 0. The Balaban J connectivity index is 1.51. The van der Waals surface area contributed by atoms with Crippen LogP contribution in [0.4, 0.5) is 19.0 Å². The predicted molar refractivity (Wildman–Crippen MR) is 97.0 cm³/mol. The van der Waals surface area contributed by atoms with Crippen molar-refractivity contribution in [1.82, 2.24) is 9.78 Å². The Bertz CT molecular complexity index is 831. The molecule has 1 aliphatic carbocycles. The van der Waals surface area contributed by atoms with Crippen LogP contribution in [0.1, 0.15) is 42.1 Å². The Morgan fingerprint density at radius 3 is 2.50 bits per heavy atom. The first kappa shape index (κ1) is 20.2. The average molecular weight is 413 g/mol. The second kappa shape index (κ2) is 8.68. The number of nitrogens with zero attached hydrogens (tertiary/aromatic N) is 2. The van der Waals surface area contributed by atoms with Crippen molar-refractivity contribution in [3.8, 4) is 0 Å². The summed E-state index contributed by atoms with van der Waals surface area (Å²) in [5.41, 5.74) is -4.33. The SMILES string of the molecule is O=C(COC(=O)c1ccc(SC(F)(F)F)cc1)Nc1ccnn1C1CCCC1. The number of nitrogens with one attached hydrogen (secondary N) is 1. The Kier molecular flexibility index (Phi) is 6.28. The summed E-state index contributed by atoms with van der Waals surface area (Å²) < 4.78 is 43.6. The Morgan fingerprint density at radius 2 is 1.86 bits per heavy atom. The number of thioether (sulfide) groups is 1. The van der Waals surface area contributed by atoms with E-state index in [1.807, 2.05) is 0 Å². The van der Waals surface area contributed by atoms with Crippen LogP contribution in [0.5, 0.6) is 0 Å². The van der Waals surface area contributed by atoms with Crippen molar-refractivity contribution in [3.63, 3.8) is 0 Å². The van der Waals surface area contributed by atoms with Crippen LogP contribution in [0.15, 0.2) is 41.4 Å². The van der Waals surface area contributed by atoms with Crippen LogP contribution < -0.4 is 5.32 Å². The molecule has 10 heteroatoms. The molecular formula is C18H18F3N3O3S. The van der Waals surface area contributed by atoms with Crippen LogP contribution in [0.3, 0.4) is 0 Å². The minimum atomic E-state index is -4.40. The van der Waals surface area contributed by atoms with E-state index < -0.39 is 24.0 Å². The summed E-state index contributed by atoms with van der Waals surface area (Å²) in [4.78, 5) is 24.0. The molecule has 1 aliphatic rings. The summed E-state index contributed by atoms with van der Waals surface area (Å²) in [5.74, 6) is -0.762. The third-order valence-electron chi connectivity index (χ3n) is 4.27.